The molecule has 1 aromatic carbocycles. The molecule has 0 aliphatic carbocycles. The zero-order valence-electron chi connectivity index (χ0n) is 16.3. The number of hydrogen-bond acceptors (Lipinski definition) is 6. The van der Waals surface area contributed by atoms with E-state index >= 15 is 0 Å². The van der Waals surface area contributed by atoms with Gasteiger partial charge in [0.05, 0.1) is 5.69 Å². The molecule has 8 nitrogen and oxygen atoms in total. The topological polar surface area (TPSA) is 130 Å². The van der Waals surface area contributed by atoms with Crippen LogP contribution < -0.4 is 10.5 Å². The van der Waals surface area contributed by atoms with E-state index in [9.17, 15) is 14.9 Å². The lowest BCUT2D eigenvalue weighted by Crippen LogP contribution is -2.39. The zero-order chi connectivity index (χ0) is 21.1. The van der Waals surface area contributed by atoms with E-state index in [0.29, 0.717) is 36.4 Å². The first kappa shape index (κ1) is 20.1. The maximum Gasteiger partial charge on any atom is 0.341 e. The summed E-state index contributed by atoms with van der Waals surface area (Å²) in [5, 5.41) is 18.7. The number of rotatable bonds is 5. The summed E-state index contributed by atoms with van der Waals surface area (Å²) in [5.74, 6) is -0.801. The maximum absolute atomic E-state index is 12.5. The summed E-state index contributed by atoms with van der Waals surface area (Å²) in [6.07, 6.45) is 0.523. The smallest absolute Gasteiger partial charge is 0.341 e. The summed E-state index contributed by atoms with van der Waals surface area (Å²) >= 11 is 0. The quantitative estimate of drug-likeness (QED) is 0.795. The number of fused-ring (bicyclic) bond motifs is 1. The molecule has 1 aromatic heterocycles. The Morgan fingerprint density at radius 1 is 1.38 bits per heavy atom. The van der Waals surface area contributed by atoms with E-state index in [1.807, 2.05) is 13.8 Å². The highest BCUT2D eigenvalue weighted by Gasteiger charge is 2.29. The molecule has 2 heterocycles. The molecule has 29 heavy (non-hydrogen) atoms. The zero-order valence-corrected chi connectivity index (χ0v) is 16.3. The first-order valence-corrected chi connectivity index (χ1v) is 9.27. The lowest BCUT2D eigenvalue weighted by Gasteiger charge is -2.32. The van der Waals surface area contributed by atoms with Crippen LogP contribution in [0.3, 0.4) is 0 Å². The highest BCUT2D eigenvalue weighted by atomic mass is 16.5. The fourth-order valence-corrected chi connectivity index (χ4v) is 3.48. The average molecular weight is 394 g/mol. The molecule has 3 rings (SSSR count). The minimum atomic E-state index is -1.11. The Morgan fingerprint density at radius 3 is 2.76 bits per heavy atom. The lowest BCUT2D eigenvalue weighted by atomic mass is 9.90. The van der Waals surface area contributed by atoms with Crippen molar-refractivity contribution in [2.24, 2.45) is 5.92 Å². The molecule has 3 N–H and O–H groups in total. The molecule has 0 saturated carbocycles. The van der Waals surface area contributed by atoms with Gasteiger partial charge in [-0.15, -0.1) is 0 Å². The monoisotopic (exact) mass is 394 g/mol. The fourth-order valence-electron chi connectivity index (χ4n) is 3.48. The van der Waals surface area contributed by atoms with E-state index in [-0.39, 0.29) is 23.2 Å². The van der Waals surface area contributed by atoms with Gasteiger partial charge in [-0.2, -0.15) is 5.26 Å². The standard InChI is InChI=1S/C21H22N4O4/c1-12(2)21(28)25-8-7-16-15(10-25)19(14(9-22)20(23)24-16)13-5-3-4-6-17(13)29-11-18(26)27/h3-6,12H,7-8,10-11H2,1-2H3,(H2,23,24)(H,26,27). The van der Waals surface area contributed by atoms with Crippen molar-refractivity contribution in [1.29, 1.82) is 5.26 Å². The number of aliphatic carboxylic acids is 1. The van der Waals surface area contributed by atoms with Crippen molar-refractivity contribution in [3.8, 4) is 22.9 Å². The van der Waals surface area contributed by atoms with Gasteiger partial charge in [-0.05, 0) is 6.07 Å². The number of carboxylic acids is 1. The van der Waals surface area contributed by atoms with Gasteiger partial charge >= 0.3 is 5.97 Å². The van der Waals surface area contributed by atoms with Crippen LogP contribution in [-0.2, 0) is 22.6 Å². The first-order chi connectivity index (χ1) is 13.8. The Balaban J connectivity index is 2.18. The number of pyridine rings is 1. The van der Waals surface area contributed by atoms with Crippen molar-refractivity contribution in [3.05, 3.63) is 41.1 Å². The highest BCUT2D eigenvalue weighted by Crippen LogP contribution is 2.39. The molecule has 150 valence electrons. The summed E-state index contributed by atoms with van der Waals surface area (Å²) in [6.45, 7) is 4.00. The van der Waals surface area contributed by atoms with E-state index in [1.54, 1.807) is 29.2 Å². The number of carboxylic acid groups (broad SMARTS) is 1. The van der Waals surface area contributed by atoms with Crippen molar-refractivity contribution >= 4 is 17.7 Å². The van der Waals surface area contributed by atoms with E-state index in [4.69, 9.17) is 15.6 Å². The number of benzene rings is 1. The first-order valence-electron chi connectivity index (χ1n) is 9.27. The van der Waals surface area contributed by atoms with Crippen molar-refractivity contribution in [2.75, 3.05) is 18.9 Å². The Hall–Kier alpha value is -3.60. The minimum absolute atomic E-state index is 0.0207. The van der Waals surface area contributed by atoms with Gasteiger partial charge in [-0.25, -0.2) is 9.78 Å². The molecule has 0 unspecified atom stereocenters. The number of nitriles is 1. The third-order valence-corrected chi connectivity index (χ3v) is 4.80. The molecule has 1 aliphatic heterocycles. The number of para-hydroxylation sites is 1. The third-order valence-electron chi connectivity index (χ3n) is 4.80. The largest absolute Gasteiger partial charge is 0.481 e. The molecule has 8 heteroatoms. The van der Waals surface area contributed by atoms with E-state index < -0.39 is 12.6 Å². The number of aromatic nitrogens is 1. The molecule has 0 atom stereocenters. The number of nitrogens with zero attached hydrogens (tertiary/aromatic N) is 3. The van der Waals surface area contributed by atoms with Gasteiger partial charge in [0.15, 0.2) is 6.61 Å². The molecule has 1 amide bonds. The van der Waals surface area contributed by atoms with Crippen LogP contribution >= 0.6 is 0 Å². The molecule has 0 fully saturated rings. The van der Waals surface area contributed by atoms with Crippen molar-refractivity contribution in [1.82, 2.24) is 9.88 Å². The molecule has 0 bridgehead atoms. The fraction of sp³-hybridized carbons (Fsp3) is 0.333. The third kappa shape index (κ3) is 3.99. The van der Waals surface area contributed by atoms with Gasteiger partial charge in [0.1, 0.15) is 23.2 Å². The number of carbonyl (C=O) groups is 2. The number of carbonyl (C=O) groups excluding carboxylic acids is 1. The number of anilines is 1. The van der Waals surface area contributed by atoms with Crippen molar-refractivity contribution in [2.45, 2.75) is 26.8 Å². The van der Waals surface area contributed by atoms with Gasteiger partial charge in [0.2, 0.25) is 5.91 Å². The van der Waals surface area contributed by atoms with Crippen LogP contribution in [-0.4, -0.2) is 40.0 Å². The van der Waals surface area contributed by atoms with E-state index in [0.717, 1.165) is 11.3 Å². The molecule has 0 radical (unpaired) electrons. The van der Waals surface area contributed by atoms with Gasteiger partial charge in [0.25, 0.3) is 0 Å². The molecule has 2 aromatic rings. The average Bonchev–Trinajstić information content (AvgIpc) is 2.70. The van der Waals surface area contributed by atoms with Crippen LogP contribution in [0.15, 0.2) is 24.3 Å². The minimum Gasteiger partial charge on any atom is -0.481 e. The molecule has 0 spiro atoms. The summed E-state index contributed by atoms with van der Waals surface area (Å²) in [6, 6.07) is 8.99. The second-order valence-corrected chi connectivity index (χ2v) is 7.13. The predicted molar refractivity (Wildman–Crippen MR) is 106 cm³/mol. The van der Waals surface area contributed by atoms with E-state index in [1.165, 1.54) is 0 Å². The lowest BCUT2D eigenvalue weighted by molar-refractivity contribution is -0.139. The van der Waals surface area contributed by atoms with Gasteiger partial charge in [0, 0.05) is 42.1 Å². The molecule has 0 saturated heterocycles. The normalized spacial score (nSPS) is 13.0. The Bertz CT molecular complexity index is 1010. The Kier molecular flexibility index (Phi) is 5.69. The predicted octanol–water partition coefficient (Wildman–Crippen LogP) is 2.21. The Morgan fingerprint density at radius 2 is 2.10 bits per heavy atom. The van der Waals surface area contributed by atoms with Gasteiger partial charge in [-0.3, -0.25) is 4.79 Å². The van der Waals surface area contributed by atoms with Gasteiger partial charge < -0.3 is 20.5 Å². The van der Waals surface area contributed by atoms with Crippen molar-refractivity contribution < 1.29 is 19.4 Å². The summed E-state index contributed by atoms with van der Waals surface area (Å²) in [4.78, 5) is 29.6. The van der Waals surface area contributed by atoms with Crippen LogP contribution in [0.1, 0.15) is 30.7 Å². The number of nitrogens with two attached hydrogens (primary N) is 1. The Labute approximate surface area is 168 Å². The van der Waals surface area contributed by atoms with Crippen LogP contribution in [0.2, 0.25) is 0 Å². The van der Waals surface area contributed by atoms with Crippen LogP contribution in [0.5, 0.6) is 5.75 Å². The number of ether oxygens (including phenoxy) is 1. The van der Waals surface area contributed by atoms with Crippen LogP contribution in [0, 0.1) is 17.2 Å². The molecular formula is C21H22N4O4. The maximum atomic E-state index is 12.5. The van der Waals surface area contributed by atoms with Crippen LogP contribution in [0.25, 0.3) is 11.1 Å². The van der Waals surface area contributed by atoms with Crippen LogP contribution in [0.4, 0.5) is 5.82 Å². The molecular weight excluding hydrogens is 372 g/mol. The van der Waals surface area contributed by atoms with Crippen molar-refractivity contribution in [3.63, 3.8) is 0 Å². The summed E-state index contributed by atoms with van der Waals surface area (Å²) in [7, 11) is 0. The number of nitrogen functional groups attached to an aromatic ring is 1. The highest BCUT2D eigenvalue weighted by molar-refractivity contribution is 5.84. The number of amides is 1. The second-order valence-electron chi connectivity index (χ2n) is 7.13. The van der Waals surface area contributed by atoms with Gasteiger partial charge in [-0.1, -0.05) is 32.0 Å². The summed E-state index contributed by atoms with van der Waals surface area (Å²) < 4.78 is 5.45. The number of hydrogen-bond donors (Lipinski definition) is 2. The molecule has 1 aliphatic rings. The van der Waals surface area contributed by atoms with E-state index in [2.05, 4.69) is 11.1 Å². The SMILES string of the molecule is CC(C)C(=O)N1CCc2nc(N)c(C#N)c(-c3ccccc3OCC(=O)O)c2C1. The second kappa shape index (κ2) is 8.19. The summed E-state index contributed by atoms with van der Waals surface area (Å²) in [5.41, 5.74) is 8.81.